The Morgan fingerprint density at radius 3 is 2.39 bits per heavy atom. The third kappa shape index (κ3) is 2.99. The van der Waals surface area contributed by atoms with Crippen molar-refractivity contribution in [3.8, 4) is 33.8 Å². The van der Waals surface area contributed by atoms with Crippen LogP contribution < -0.4 is 4.74 Å². The van der Waals surface area contributed by atoms with Crippen molar-refractivity contribution in [3.63, 3.8) is 0 Å². The molecule has 0 bridgehead atoms. The maximum absolute atomic E-state index is 6.12. The van der Waals surface area contributed by atoms with Gasteiger partial charge in [-0.15, -0.1) is 0 Å². The van der Waals surface area contributed by atoms with E-state index in [0.717, 1.165) is 44.8 Å². The van der Waals surface area contributed by atoms with Crippen molar-refractivity contribution in [1.82, 2.24) is 19.9 Å². The highest BCUT2D eigenvalue weighted by Gasteiger charge is 2.12. The van der Waals surface area contributed by atoms with E-state index in [9.17, 15) is 0 Å². The smallest absolute Gasteiger partial charge is 0.137 e. The van der Waals surface area contributed by atoms with E-state index in [-0.39, 0.29) is 0 Å². The Hall–Kier alpha value is -3.99. The van der Waals surface area contributed by atoms with Crippen molar-refractivity contribution in [1.29, 1.82) is 0 Å². The van der Waals surface area contributed by atoms with E-state index in [1.165, 1.54) is 6.33 Å². The molecule has 5 heteroatoms. The summed E-state index contributed by atoms with van der Waals surface area (Å²) in [4.78, 5) is 16.1. The molecular weight excluding hydrogens is 348 g/mol. The summed E-state index contributed by atoms with van der Waals surface area (Å²) in [5.74, 6) is 1.59. The number of pyridine rings is 1. The Kier molecular flexibility index (Phi) is 4.03. The summed E-state index contributed by atoms with van der Waals surface area (Å²) < 4.78 is 6.12. The van der Waals surface area contributed by atoms with Crippen molar-refractivity contribution in [2.24, 2.45) is 0 Å². The Morgan fingerprint density at radius 2 is 1.54 bits per heavy atom. The van der Waals surface area contributed by atoms with Crippen LogP contribution in [0.4, 0.5) is 0 Å². The van der Waals surface area contributed by atoms with E-state index in [1.54, 1.807) is 12.4 Å². The zero-order valence-electron chi connectivity index (χ0n) is 14.9. The van der Waals surface area contributed by atoms with Gasteiger partial charge in [0.1, 0.15) is 23.5 Å². The largest absolute Gasteiger partial charge is 0.457 e. The fourth-order valence-corrected chi connectivity index (χ4v) is 3.24. The van der Waals surface area contributed by atoms with Crippen LogP contribution in [0.1, 0.15) is 0 Å². The number of hydrogen-bond donors (Lipinski definition) is 1. The van der Waals surface area contributed by atoms with E-state index < -0.39 is 0 Å². The van der Waals surface area contributed by atoms with Crippen molar-refractivity contribution >= 4 is 11.0 Å². The van der Waals surface area contributed by atoms with Crippen LogP contribution in [0.25, 0.3) is 33.3 Å². The van der Waals surface area contributed by atoms with Crippen molar-refractivity contribution < 1.29 is 4.74 Å². The number of benzene rings is 2. The molecule has 3 heterocycles. The van der Waals surface area contributed by atoms with Crippen LogP contribution >= 0.6 is 0 Å². The minimum Gasteiger partial charge on any atom is -0.457 e. The Labute approximate surface area is 161 Å². The van der Waals surface area contributed by atoms with Gasteiger partial charge in [-0.25, -0.2) is 15.0 Å². The molecule has 0 atom stereocenters. The zero-order chi connectivity index (χ0) is 18.8. The molecule has 0 unspecified atom stereocenters. The van der Waals surface area contributed by atoms with Gasteiger partial charge in [-0.3, -0.25) is 0 Å². The first kappa shape index (κ1) is 16.2. The molecular formula is C23H16N4O. The molecule has 5 nitrogen and oxygen atoms in total. The maximum Gasteiger partial charge on any atom is 0.137 e. The van der Waals surface area contributed by atoms with Crippen LogP contribution in [-0.4, -0.2) is 19.9 Å². The van der Waals surface area contributed by atoms with Crippen LogP contribution in [-0.2, 0) is 0 Å². The van der Waals surface area contributed by atoms with Crippen molar-refractivity contribution in [2.45, 2.75) is 0 Å². The van der Waals surface area contributed by atoms with E-state index in [1.807, 2.05) is 67.0 Å². The number of aromatic nitrogens is 4. The maximum atomic E-state index is 6.12. The first-order valence-corrected chi connectivity index (χ1v) is 8.93. The number of aromatic amines is 1. The molecule has 0 aliphatic rings. The lowest BCUT2D eigenvalue weighted by Crippen LogP contribution is -1.89. The van der Waals surface area contributed by atoms with Crippen LogP contribution in [0.2, 0.25) is 0 Å². The first-order valence-electron chi connectivity index (χ1n) is 8.93. The van der Waals surface area contributed by atoms with Gasteiger partial charge < -0.3 is 9.72 Å². The minimum absolute atomic E-state index is 0.787. The molecule has 5 rings (SSSR count). The number of rotatable bonds is 4. The van der Waals surface area contributed by atoms with E-state index in [0.29, 0.717) is 0 Å². The van der Waals surface area contributed by atoms with E-state index >= 15 is 0 Å². The molecule has 0 fully saturated rings. The summed E-state index contributed by atoms with van der Waals surface area (Å²) in [7, 11) is 0. The van der Waals surface area contributed by atoms with Gasteiger partial charge in [0.25, 0.3) is 0 Å². The third-order valence-electron chi connectivity index (χ3n) is 4.57. The van der Waals surface area contributed by atoms with Crippen molar-refractivity contribution in [3.05, 3.63) is 91.8 Å². The fraction of sp³-hybridized carbons (Fsp3) is 0. The number of nitrogens with one attached hydrogen (secondary N) is 1. The van der Waals surface area contributed by atoms with Gasteiger partial charge >= 0.3 is 0 Å². The summed E-state index contributed by atoms with van der Waals surface area (Å²) >= 11 is 0. The van der Waals surface area contributed by atoms with Gasteiger partial charge in [0.2, 0.25) is 0 Å². The predicted molar refractivity (Wildman–Crippen MR) is 109 cm³/mol. The third-order valence-corrected chi connectivity index (χ3v) is 4.57. The standard InChI is InChI=1S/C23H16N4O/c1-2-6-18(7-3-1)28-22-9-5-4-8-19(22)16-10-20-21(14-27-23(20)26-13-16)17-11-24-15-25-12-17/h1-15H,(H,26,27). The number of para-hydroxylation sites is 2. The normalized spacial score (nSPS) is 10.9. The highest BCUT2D eigenvalue weighted by molar-refractivity contribution is 5.95. The zero-order valence-corrected chi connectivity index (χ0v) is 14.9. The Bertz CT molecular complexity index is 1230. The average Bonchev–Trinajstić information content (AvgIpc) is 3.19. The first-order chi connectivity index (χ1) is 13.9. The number of nitrogens with zero attached hydrogens (tertiary/aromatic N) is 3. The molecule has 0 saturated heterocycles. The summed E-state index contributed by atoms with van der Waals surface area (Å²) in [6.07, 6.45) is 8.92. The van der Waals surface area contributed by atoms with Gasteiger partial charge in [0, 0.05) is 52.4 Å². The van der Waals surface area contributed by atoms with Crippen LogP contribution in [0, 0.1) is 0 Å². The van der Waals surface area contributed by atoms with Gasteiger partial charge in [0.15, 0.2) is 0 Å². The molecule has 0 spiro atoms. The summed E-state index contributed by atoms with van der Waals surface area (Å²) in [6, 6.07) is 19.9. The molecule has 28 heavy (non-hydrogen) atoms. The topological polar surface area (TPSA) is 63.7 Å². The number of ether oxygens (including phenoxy) is 1. The monoisotopic (exact) mass is 364 g/mol. The SMILES string of the molecule is c1ccc(Oc2ccccc2-c2cnc3[nH]cc(-c4cncnc4)c3c2)cc1. The molecule has 3 aromatic heterocycles. The lowest BCUT2D eigenvalue weighted by atomic mass is 10.0. The number of fused-ring (bicyclic) bond motifs is 1. The number of H-pyrrole nitrogens is 1. The molecule has 2 aromatic carbocycles. The molecule has 0 aliphatic heterocycles. The second-order valence-electron chi connectivity index (χ2n) is 6.36. The summed E-state index contributed by atoms with van der Waals surface area (Å²) in [6.45, 7) is 0. The van der Waals surface area contributed by atoms with E-state index in [4.69, 9.17) is 4.74 Å². The number of hydrogen-bond acceptors (Lipinski definition) is 4. The predicted octanol–water partition coefficient (Wildman–Crippen LogP) is 5.48. The Morgan fingerprint density at radius 1 is 0.750 bits per heavy atom. The molecule has 0 radical (unpaired) electrons. The quantitative estimate of drug-likeness (QED) is 0.459. The highest BCUT2D eigenvalue weighted by Crippen LogP contribution is 2.35. The van der Waals surface area contributed by atoms with Crippen LogP contribution in [0.3, 0.4) is 0 Å². The minimum atomic E-state index is 0.787. The molecule has 0 amide bonds. The van der Waals surface area contributed by atoms with Gasteiger partial charge in [0.05, 0.1) is 0 Å². The molecule has 0 aliphatic carbocycles. The van der Waals surface area contributed by atoms with Crippen LogP contribution in [0.5, 0.6) is 11.5 Å². The lowest BCUT2D eigenvalue weighted by Gasteiger charge is -2.11. The molecule has 134 valence electrons. The lowest BCUT2D eigenvalue weighted by molar-refractivity contribution is 0.484. The van der Waals surface area contributed by atoms with Gasteiger partial charge in [-0.05, 0) is 24.3 Å². The van der Waals surface area contributed by atoms with Gasteiger partial charge in [-0.1, -0.05) is 36.4 Å². The Balaban J connectivity index is 1.61. The summed E-state index contributed by atoms with van der Waals surface area (Å²) in [5, 5.41) is 1.02. The van der Waals surface area contributed by atoms with E-state index in [2.05, 4.69) is 26.0 Å². The fourth-order valence-electron chi connectivity index (χ4n) is 3.24. The van der Waals surface area contributed by atoms with Gasteiger partial charge in [-0.2, -0.15) is 0 Å². The molecule has 5 aromatic rings. The molecule has 0 saturated carbocycles. The second-order valence-corrected chi connectivity index (χ2v) is 6.36. The van der Waals surface area contributed by atoms with Crippen molar-refractivity contribution in [2.75, 3.05) is 0 Å². The highest BCUT2D eigenvalue weighted by atomic mass is 16.5. The average molecular weight is 364 g/mol. The van der Waals surface area contributed by atoms with Crippen LogP contribution in [0.15, 0.2) is 91.8 Å². The second kappa shape index (κ2) is 6.96. The molecule has 1 N–H and O–H groups in total. The summed E-state index contributed by atoms with van der Waals surface area (Å²) in [5.41, 5.74) is 4.76.